The van der Waals surface area contributed by atoms with Crippen molar-refractivity contribution in [3.63, 3.8) is 0 Å². The lowest BCUT2D eigenvalue weighted by Crippen LogP contribution is -2.29. The third-order valence-corrected chi connectivity index (χ3v) is 10.1. The Balaban J connectivity index is 1.18. The summed E-state index contributed by atoms with van der Waals surface area (Å²) in [4.78, 5) is 13.9. The molecule has 188 valence electrons. The highest BCUT2D eigenvalue weighted by Gasteiger charge is 2.28. The van der Waals surface area contributed by atoms with E-state index in [4.69, 9.17) is 19.4 Å². The maximum atomic E-state index is 5.57. The number of fused-ring (bicyclic) bond motifs is 4. The minimum absolute atomic E-state index is 0.269. The fourth-order valence-electron chi connectivity index (χ4n) is 5.20. The number of rotatable bonds is 5. The summed E-state index contributed by atoms with van der Waals surface area (Å²) >= 11 is 5.24. The Labute approximate surface area is 231 Å². The van der Waals surface area contributed by atoms with Gasteiger partial charge in [-0.1, -0.05) is 53.8 Å². The van der Waals surface area contributed by atoms with Gasteiger partial charge >= 0.3 is 0 Å². The minimum atomic E-state index is 0.269. The number of nitrogens with one attached hydrogen (secondary N) is 1. The Hall–Kier alpha value is -3.50. The average Bonchev–Trinajstić information content (AvgIpc) is 3.71. The number of nitrogens with zero attached hydrogens (tertiary/aromatic N) is 3. The van der Waals surface area contributed by atoms with E-state index >= 15 is 0 Å². The fourth-order valence-corrected chi connectivity index (χ4v) is 8.54. The summed E-state index contributed by atoms with van der Waals surface area (Å²) < 4.78 is 13.4. The third-order valence-electron chi connectivity index (χ3n) is 7.00. The van der Waals surface area contributed by atoms with Gasteiger partial charge in [-0.2, -0.15) is 0 Å². The zero-order valence-electron chi connectivity index (χ0n) is 20.3. The molecule has 6 aromatic rings. The lowest BCUT2D eigenvalue weighted by Gasteiger charge is -2.27. The number of aromatic nitrogens is 2. The molecule has 2 aliphatic rings. The van der Waals surface area contributed by atoms with E-state index < -0.39 is 0 Å². The summed E-state index contributed by atoms with van der Waals surface area (Å²) in [6, 6.07) is 23.1. The molecule has 9 heteroatoms. The van der Waals surface area contributed by atoms with E-state index in [0.717, 1.165) is 68.4 Å². The summed E-state index contributed by atoms with van der Waals surface area (Å²) in [7, 11) is 0. The van der Waals surface area contributed by atoms with Crippen LogP contribution < -0.4 is 14.8 Å². The zero-order chi connectivity index (χ0) is 25.1. The first kappa shape index (κ1) is 22.5. The molecular formula is C29H22N4O2S3. The van der Waals surface area contributed by atoms with Gasteiger partial charge in [0.1, 0.15) is 10.0 Å². The lowest BCUT2D eigenvalue weighted by molar-refractivity contribution is 0.174. The zero-order valence-corrected chi connectivity index (χ0v) is 22.7. The number of thiophene rings is 1. The van der Waals surface area contributed by atoms with E-state index in [0.29, 0.717) is 0 Å². The molecule has 0 atom stereocenters. The van der Waals surface area contributed by atoms with Crippen LogP contribution in [0.2, 0.25) is 0 Å². The SMILES string of the molecule is c1ccc(CN2CCc3c(sc(Nc4nc5cc6c(cc5s4)OCO6)c3-c3nc4ccccc4s3)C2)cc1. The molecule has 2 aliphatic heterocycles. The Morgan fingerprint density at radius 2 is 1.68 bits per heavy atom. The summed E-state index contributed by atoms with van der Waals surface area (Å²) in [5.74, 6) is 1.54. The Morgan fingerprint density at radius 3 is 2.58 bits per heavy atom. The lowest BCUT2D eigenvalue weighted by atomic mass is 10.0. The highest BCUT2D eigenvalue weighted by atomic mass is 32.1. The molecule has 3 aromatic heterocycles. The largest absolute Gasteiger partial charge is 0.454 e. The van der Waals surface area contributed by atoms with Gasteiger partial charge in [0.05, 0.1) is 20.4 Å². The van der Waals surface area contributed by atoms with Crippen molar-refractivity contribution in [1.29, 1.82) is 0 Å². The van der Waals surface area contributed by atoms with Crippen molar-refractivity contribution >= 4 is 64.6 Å². The molecule has 0 spiro atoms. The van der Waals surface area contributed by atoms with Gasteiger partial charge in [-0.15, -0.1) is 22.7 Å². The highest BCUT2D eigenvalue weighted by Crippen LogP contribution is 2.48. The Kier molecular flexibility index (Phi) is 5.36. The first-order chi connectivity index (χ1) is 18.8. The molecular weight excluding hydrogens is 533 g/mol. The number of hydrogen-bond donors (Lipinski definition) is 1. The monoisotopic (exact) mass is 554 g/mol. The molecule has 3 aromatic carbocycles. The number of para-hydroxylation sites is 1. The predicted molar refractivity (Wildman–Crippen MR) is 156 cm³/mol. The van der Waals surface area contributed by atoms with Crippen LogP contribution in [-0.4, -0.2) is 28.2 Å². The molecule has 0 bridgehead atoms. The van der Waals surface area contributed by atoms with Crippen molar-refractivity contribution in [2.45, 2.75) is 19.5 Å². The summed E-state index contributed by atoms with van der Waals surface area (Å²) in [5, 5.41) is 6.75. The molecule has 0 saturated heterocycles. The van der Waals surface area contributed by atoms with E-state index in [1.165, 1.54) is 26.3 Å². The van der Waals surface area contributed by atoms with E-state index in [9.17, 15) is 0 Å². The first-order valence-corrected chi connectivity index (χ1v) is 15.0. The van der Waals surface area contributed by atoms with Crippen LogP contribution in [0, 0.1) is 0 Å². The Bertz CT molecular complexity index is 1730. The number of ether oxygens (including phenoxy) is 2. The third kappa shape index (κ3) is 3.94. The van der Waals surface area contributed by atoms with Crippen molar-refractivity contribution < 1.29 is 9.47 Å². The highest BCUT2D eigenvalue weighted by molar-refractivity contribution is 7.24. The van der Waals surface area contributed by atoms with Crippen molar-refractivity contribution in [2.75, 3.05) is 18.7 Å². The molecule has 5 heterocycles. The summed E-state index contributed by atoms with van der Waals surface area (Å²) in [5.41, 5.74) is 5.97. The molecule has 8 rings (SSSR count). The van der Waals surface area contributed by atoms with Gasteiger partial charge in [0.2, 0.25) is 6.79 Å². The van der Waals surface area contributed by atoms with Crippen molar-refractivity contribution in [1.82, 2.24) is 14.9 Å². The van der Waals surface area contributed by atoms with Gasteiger partial charge in [0, 0.05) is 42.2 Å². The van der Waals surface area contributed by atoms with Gasteiger partial charge in [0.25, 0.3) is 0 Å². The maximum absolute atomic E-state index is 5.57. The normalized spacial score (nSPS) is 14.8. The van der Waals surface area contributed by atoms with Crippen LogP contribution in [0.5, 0.6) is 11.5 Å². The predicted octanol–water partition coefficient (Wildman–Crippen LogP) is 7.67. The van der Waals surface area contributed by atoms with Crippen LogP contribution in [0.4, 0.5) is 10.1 Å². The molecule has 0 radical (unpaired) electrons. The van der Waals surface area contributed by atoms with Crippen LogP contribution >= 0.6 is 34.0 Å². The number of hydrogen-bond acceptors (Lipinski definition) is 9. The van der Waals surface area contributed by atoms with Gasteiger partial charge in [0.15, 0.2) is 16.6 Å². The van der Waals surface area contributed by atoms with Gasteiger partial charge in [-0.25, -0.2) is 9.97 Å². The molecule has 0 saturated carbocycles. The van der Waals surface area contributed by atoms with E-state index in [-0.39, 0.29) is 6.79 Å². The van der Waals surface area contributed by atoms with Crippen molar-refractivity contribution in [3.8, 4) is 22.1 Å². The minimum Gasteiger partial charge on any atom is -0.454 e. The fraction of sp³-hybridized carbons (Fsp3) is 0.172. The second-order valence-corrected chi connectivity index (χ2v) is 12.6. The maximum Gasteiger partial charge on any atom is 0.231 e. The topological polar surface area (TPSA) is 59.5 Å². The smallest absolute Gasteiger partial charge is 0.231 e. The van der Waals surface area contributed by atoms with E-state index in [1.54, 1.807) is 22.7 Å². The standard InChI is InChI=1S/C29H22N4O2S3/c1-2-6-17(7-3-1)14-33-11-10-18-25(15-33)37-28(26(18)27-30-19-8-4-5-9-23(19)36-27)32-29-31-20-12-21-22(35-16-34-21)13-24(20)38-29/h1-9,12-13H,10-11,14-16H2,(H,31,32). The molecule has 6 nitrogen and oxygen atoms in total. The molecule has 0 aliphatic carbocycles. The number of benzene rings is 3. The quantitative estimate of drug-likeness (QED) is 0.236. The van der Waals surface area contributed by atoms with Crippen LogP contribution in [0.3, 0.4) is 0 Å². The second kappa shape index (κ2) is 9.06. The number of anilines is 2. The molecule has 0 fully saturated rings. The average molecular weight is 555 g/mol. The van der Waals surface area contributed by atoms with Crippen LogP contribution in [0.15, 0.2) is 66.7 Å². The van der Waals surface area contributed by atoms with Crippen molar-refractivity contribution in [2.24, 2.45) is 0 Å². The summed E-state index contributed by atoms with van der Waals surface area (Å²) in [6.07, 6.45) is 1.01. The van der Waals surface area contributed by atoms with E-state index in [2.05, 4.69) is 64.8 Å². The molecule has 0 amide bonds. The first-order valence-electron chi connectivity index (χ1n) is 12.5. The van der Waals surface area contributed by atoms with Crippen LogP contribution in [-0.2, 0) is 19.5 Å². The number of thiazole rings is 2. The molecule has 1 N–H and O–H groups in total. The van der Waals surface area contributed by atoms with Crippen molar-refractivity contribution in [3.05, 3.63) is 82.7 Å². The second-order valence-electron chi connectivity index (χ2n) is 9.46. The molecule has 0 unspecified atom stereocenters. The van der Waals surface area contributed by atoms with E-state index in [1.807, 2.05) is 23.5 Å². The summed E-state index contributed by atoms with van der Waals surface area (Å²) in [6.45, 7) is 3.20. The Morgan fingerprint density at radius 1 is 0.842 bits per heavy atom. The van der Waals surface area contributed by atoms with Gasteiger partial charge in [-0.3, -0.25) is 4.90 Å². The van der Waals surface area contributed by atoms with Crippen LogP contribution in [0.1, 0.15) is 16.0 Å². The van der Waals surface area contributed by atoms with Gasteiger partial charge in [-0.05, 0) is 29.7 Å². The van der Waals surface area contributed by atoms with Gasteiger partial charge < -0.3 is 14.8 Å². The molecule has 38 heavy (non-hydrogen) atoms. The van der Waals surface area contributed by atoms with Crippen LogP contribution in [0.25, 0.3) is 31.0 Å².